The second kappa shape index (κ2) is 6.07. The van der Waals surface area contributed by atoms with E-state index in [0.717, 1.165) is 5.69 Å². The predicted molar refractivity (Wildman–Crippen MR) is 70.6 cm³/mol. The van der Waals surface area contributed by atoms with Crippen LogP contribution in [-0.2, 0) is 6.54 Å². The molecule has 0 saturated heterocycles. The highest BCUT2D eigenvalue weighted by molar-refractivity contribution is 5.37. The van der Waals surface area contributed by atoms with Gasteiger partial charge in [0.2, 0.25) is 0 Å². The zero-order chi connectivity index (χ0) is 13.7. The van der Waals surface area contributed by atoms with E-state index in [-0.39, 0.29) is 11.9 Å². The molecule has 1 aromatic carbocycles. The van der Waals surface area contributed by atoms with Crippen LogP contribution >= 0.6 is 0 Å². The summed E-state index contributed by atoms with van der Waals surface area (Å²) in [6, 6.07) is 12.0. The molecule has 0 fully saturated rings. The molecule has 0 aliphatic rings. The van der Waals surface area contributed by atoms with Crippen LogP contribution in [-0.4, -0.2) is 4.98 Å². The molecule has 0 aliphatic carbocycles. The maximum Gasteiger partial charge on any atom is 0.123 e. The summed E-state index contributed by atoms with van der Waals surface area (Å²) in [6.07, 6.45) is 1.73. The van der Waals surface area contributed by atoms with Gasteiger partial charge in [0.25, 0.3) is 0 Å². The topological polar surface area (TPSA) is 48.7 Å². The Morgan fingerprint density at radius 3 is 2.89 bits per heavy atom. The SMILES string of the molecule is CC(NCc1cc(F)ccc1C#N)c1ccccn1. The van der Waals surface area contributed by atoms with Gasteiger partial charge in [-0.2, -0.15) is 5.26 Å². The Bertz CT molecular complexity index is 590. The highest BCUT2D eigenvalue weighted by atomic mass is 19.1. The van der Waals surface area contributed by atoms with Crippen molar-refractivity contribution in [3.8, 4) is 6.07 Å². The van der Waals surface area contributed by atoms with Crippen LogP contribution in [0.2, 0.25) is 0 Å². The molecule has 2 rings (SSSR count). The molecule has 1 unspecified atom stereocenters. The number of rotatable bonds is 4. The first kappa shape index (κ1) is 13.2. The number of pyridine rings is 1. The molecular formula is C15H14FN3. The molecule has 0 amide bonds. The largest absolute Gasteiger partial charge is 0.305 e. The van der Waals surface area contributed by atoms with E-state index in [2.05, 4.69) is 16.4 Å². The van der Waals surface area contributed by atoms with Crippen LogP contribution < -0.4 is 5.32 Å². The lowest BCUT2D eigenvalue weighted by Gasteiger charge is -2.13. The fourth-order valence-electron chi connectivity index (χ4n) is 1.82. The number of aromatic nitrogens is 1. The van der Waals surface area contributed by atoms with Crippen LogP contribution in [0.1, 0.15) is 29.8 Å². The third-order valence-electron chi connectivity index (χ3n) is 2.92. The highest BCUT2D eigenvalue weighted by Gasteiger charge is 2.08. The summed E-state index contributed by atoms with van der Waals surface area (Å²) in [5.41, 5.74) is 2.06. The van der Waals surface area contributed by atoms with E-state index >= 15 is 0 Å². The summed E-state index contributed by atoms with van der Waals surface area (Å²) >= 11 is 0. The molecule has 19 heavy (non-hydrogen) atoms. The maximum atomic E-state index is 13.2. The number of nitrogens with zero attached hydrogens (tertiary/aromatic N) is 2. The number of halogens is 1. The number of nitrogens with one attached hydrogen (secondary N) is 1. The predicted octanol–water partition coefficient (Wildman–Crippen LogP) is 2.94. The third-order valence-corrected chi connectivity index (χ3v) is 2.92. The normalized spacial score (nSPS) is 11.8. The number of nitriles is 1. The quantitative estimate of drug-likeness (QED) is 0.913. The van der Waals surface area contributed by atoms with E-state index in [9.17, 15) is 4.39 Å². The standard InChI is InChI=1S/C15H14FN3/c1-11(15-4-2-3-7-18-15)19-10-13-8-14(16)6-5-12(13)9-17/h2-8,11,19H,10H2,1H3. The van der Waals surface area contributed by atoms with E-state index in [1.54, 1.807) is 6.20 Å². The molecule has 2 aromatic rings. The van der Waals surface area contributed by atoms with Crippen molar-refractivity contribution in [1.82, 2.24) is 10.3 Å². The first-order valence-corrected chi connectivity index (χ1v) is 6.03. The van der Waals surface area contributed by atoms with Crippen molar-refractivity contribution in [2.24, 2.45) is 0 Å². The van der Waals surface area contributed by atoms with Gasteiger partial charge in [-0.1, -0.05) is 6.07 Å². The van der Waals surface area contributed by atoms with Gasteiger partial charge in [-0.25, -0.2) is 4.39 Å². The lowest BCUT2D eigenvalue weighted by atomic mass is 10.1. The van der Waals surface area contributed by atoms with Gasteiger partial charge in [0.05, 0.1) is 17.3 Å². The molecular weight excluding hydrogens is 241 g/mol. The van der Waals surface area contributed by atoms with E-state index < -0.39 is 0 Å². The summed E-state index contributed by atoms with van der Waals surface area (Å²) in [5.74, 6) is -0.332. The Labute approximate surface area is 111 Å². The Balaban J connectivity index is 2.07. The molecule has 1 atom stereocenters. The second-order valence-corrected chi connectivity index (χ2v) is 4.27. The Hall–Kier alpha value is -2.25. The first-order valence-electron chi connectivity index (χ1n) is 6.03. The molecule has 1 N–H and O–H groups in total. The average Bonchev–Trinajstić information content (AvgIpc) is 2.46. The van der Waals surface area contributed by atoms with Crippen molar-refractivity contribution >= 4 is 0 Å². The number of hydrogen-bond acceptors (Lipinski definition) is 3. The summed E-state index contributed by atoms with van der Waals surface area (Å²) in [5, 5.41) is 12.2. The molecule has 1 heterocycles. The van der Waals surface area contributed by atoms with E-state index in [0.29, 0.717) is 17.7 Å². The third kappa shape index (κ3) is 3.36. The molecule has 96 valence electrons. The van der Waals surface area contributed by atoms with Crippen molar-refractivity contribution in [1.29, 1.82) is 5.26 Å². The Morgan fingerprint density at radius 1 is 1.37 bits per heavy atom. The lowest BCUT2D eigenvalue weighted by molar-refractivity contribution is 0.557. The minimum Gasteiger partial charge on any atom is -0.305 e. The summed E-state index contributed by atoms with van der Waals surface area (Å²) in [7, 11) is 0. The van der Waals surface area contributed by atoms with Crippen LogP contribution in [0.3, 0.4) is 0 Å². The average molecular weight is 255 g/mol. The number of hydrogen-bond donors (Lipinski definition) is 1. The fraction of sp³-hybridized carbons (Fsp3) is 0.200. The van der Waals surface area contributed by atoms with E-state index in [1.165, 1.54) is 18.2 Å². The maximum absolute atomic E-state index is 13.2. The molecule has 4 heteroatoms. The molecule has 0 aliphatic heterocycles. The summed E-state index contributed by atoms with van der Waals surface area (Å²) in [6.45, 7) is 2.41. The molecule has 0 saturated carbocycles. The highest BCUT2D eigenvalue weighted by Crippen LogP contribution is 2.13. The van der Waals surface area contributed by atoms with Crippen molar-refractivity contribution in [3.05, 3.63) is 65.2 Å². The Morgan fingerprint density at radius 2 is 2.21 bits per heavy atom. The van der Waals surface area contributed by atoms with Crippen LogP contribution in [0.15, 0.2) is 42.6 Å². The van der Waals surface area contributed by atoms with Crippen molar-refractivity contribution in [2.75, 3.05) is 0 Å². The Kier molecular flexibility index (Phi) is 4.22. The van der Waals surface area contributed by atoms with Gasteiger partial charge < -0.3 is 5.32 Å². The van der Waals surface area contributed by atoms with Gasteiger partial charge in [-0.05, 0) is 42.8 Å². The van der Waals surface area contributed by atoms with Gasteiger partial charge in [0, 0.05) is 18.8 Å². The molecule has 0 bridgehead atoms. The minimum atomic E-state index is -0.332. The molecule has 1 aromatic heterocycles. The second-order valence-electron chi connectivity index (χ2n) is 4.27. The van der Waals surface area contributed by atoms with Crippen molar-refractivity contribution < 1.29 is 4.39 Å². The lowest BCUT2D eigenvalue weighted by Crippen LogP contribution is -2.19. The van der Waals surface area contributed by atoms with Crippen molar-refractivity contribution in [2.45, 2.75) is 19.5 Å². The van der Waals surface area contributed by atoms with Crippen molar-refractivity contribution in [3.63, 3.8) is 0 Å². The molecule has 0 radical (unpaired) electrons. The first-order chi connectivity index (χ1) is 9.20. The molecule has 3 nitrogen and oxygen atoms in total. The summed E-state index contributed by atoms with van der Waals surface area (Å²) < 4.78 is 13.2. The fourth-order valence-corrected chi connectivity index (χ4v) is 1.82. The number of benzene rings is 1. The van der Waals surface area contributed by atoms with Crippen LogP contribution in [0, 0.1) is 17.1 Å². The monoisotopic (exact) mass is 255 g/mol. The zero-order valence-electron chi connectivity index (χ0n) is 10.6. The van der Waals surface area contributed by atoms with Crippen LogP contribution in [0.4, 0.5) is 4.39 Å². The smallest absolute Gasteiger partial charge is 0.123 e. The van der Waals surface area contributed by atoms with E-state index in [1.807, 2.05) is 25.1 Å². The van der Waals surface area contributed by atoms with Gasteiger partial charge in [0.15, 0.2) is 0 Å². The minimum absolute atomic E-state index is 0.0380. The summed E-state index contributed by atoms with van der Waals surface area (Å²) in [4.78, 5) is 4.25. The van der Waals surface area contributed by atoms with Crippen LogP contribution in [0.5, 0.6) is 0 Å². The molecule has 0 spiro atoms. The zero-order valence-corrected chi connectivity index (χ0v) is 10.6. The van der Waals surface area contributed by atoms with Gasteiger partial charge in [-0.3, -0.25) is 4.98 Å². The van der Waals surface area contributed by atoms with E-state index in [4.69, 9.17) is 5.26 Å². The van der Waals surface area contributed by atoms with Gasteiger partial charge in [-0.15, -0.1) is 0 Å². The van der Waals surface area contributed by atoms with Gasteiger partial charge in [0.1, 0.15) is 5.82 Å². The van der Waals surface area contributed by atoms with Gasteiger partial charge >= 0.3 is 0 Å². The van der Waals surface area contributed by atoms with Crippen LogP contribution in [0.25, 0.3) is 0 Å².